The average Bonchev–Trinajstić information content (AvgIpc) is 2.98. The Labute approximate surface area is 222 Å². The molecule has 9 heteroatoms. The highest BCUT2D eigenvalue weighted by atomic mass is 79.9. The van der Waals surface area contributed by atoms with Crippen LogP contribution in [0, 0.1) is 0 Å². The standard InChI is InChI=1S/C23H19Br3N2O2S2/c1-14(10-15-6-3-2-4-7-15)11-19-22(30)28(23(31)32-19)9-5-8-20(29)27-21-17(25)12-16(24)13-18(21)26/h2-4,6-7,10-13H,5,8-9H2,1H3,(H,27,29). The van der Waals surface area contributed by atoms with E-state index >= 15 is 0 Å². The zero-order valence-corrected chi connectivity index (χ0v) is 23.4. The molecule has 0 saturated carbocycles. The van der Waals surface area contributed by atoms with Gasteiger partial charge in [-0.25, -0.2) is 0 Å². The number of amides is 2. The van der Waals surface area contributed by atoms with Gasteiger partial charge in [0.25, 0.3) is 5.91 Å². The molecule has 2 aromatic rings. The number of nitrogens with zero attached hydrogens (tertiary/aromatic N) is 1. The quantitative estimate of drug-likeness (QED) is 0.247. The third kappa shape index (κ3) is 6.87. The lowest BCUT2D eigenvalue weighted by atomic mass is 10.1. The average molecular weight is 659 g/mol. The van der Waals surface area contributed by atoms with Crippen molar-refractivity contribution < 1.29 is 9.59 Å². The predicted octanol–water partition coefficient (Wildman–Crippen LogP) is 7.54. The number of carbonyl (C=O) groups excluding carboxylic acids is 2. The minimum atomic E-state index is -0.128. The summed E-state index contributed by atoms with van der Waals surface area (Å²) in [6.45, 7) is 2.36. The summed E-state index contributed by atoms with van der Waals surface area (Å²) < 4.78 is 2.96. The first kappa shape index (κ1) is 25.4. The lowest BCUT2D eigenvalue weighted by Gasteiger charge is -2.14. The monoisotopic (exact) mass is 656 g/mol. The Kier molecular flexibility index (Phi) is 9.31. The number of halogens is 3. The van der Waals surface area contributed by atoms with E-state index in [4.69, 9.17) is 12.2 Å². The Morgan fingerprint density at radius 1 is 1.16 bits per heavy atom. The second kappa shape index (κ2) is 11.7. The van der Waals surface area contributed by atoms with Gasteiger partial charge in [-0.15, -0.1) is 0 Å². The van der Waals surface area contributed by atoms with Gasteiger partial charge in [0, 0.05) is 26.4 Å². The topological polar surface area (TPSA) is 49.4 Å². The summed E-state index contributed by atoms with van der Waals surface area (Å²) in [7, 11) is 0. The Hall–Kier alpha value is -1.26. The molecule has 1 fully saturated rings. The highest BCUT2D eigenvalue weighted by Crippen LogP contribution is 2.35. The highest BCUT2D eigenvalue weighted by Gasteiger charge is 2.31. The Bertz CT molecular complexity index is 1090. The fourth-order valence-corrected chi connectivity index (χ4v) is 6.83. The second-order valence-corrected chi connectivity index (χ2v) is 11.3. The van der Waals surface area contributed by atoms with Gasteiger partial charge in [0.05, 0.1) is 10.6 Å². The van der Waals surface area contributed by atoms with Gasteiger partial charge in [0.1, 0.15) is 4.32 Å². The Balaban J connectivity index is 1.56. The molecule has 2 aromatic carbocycles. The summed E-state index contributed by atoms with van der Waals surface area (Å²) in [5.41, 5.74) is 2.72. The van der Waals surface area contributed by atoms with Crippen LogP contribution in [0.15, 0.2) is 72.4 Å². The van der Waals surface area contributed by atoms with Crippen LogP contribution in [-0.4, -0.2) is 27.6 Å². The first-order valence-electron chi connectivity index (χ1n) is 9.67. The lowest BCUT2D eigenvalue weighted by molar-refractivity contribution is -0.122. The molecule has 32 heavy (non-hydrogen) atoms. The number of carbonyl (C=O) groups is 2. The third-order valence-corrected chi connectivity index (χ3v) is 7.57. The van der Waals surface area contributed by atoms with E-state index in [-0.39, 0.29) is 18.2 Å². The van der Waals surface area contributed by atoms with E-state index in [9.17, 15) is 9.59 Å². The maximum atomic E-state index is 12.8. The molecule has 0 spiro atoms. The van der Waals surface area contributed by atoms with Crippen molar-refractivity contribution in [2.24, 2.45) is 0 Å². The molecule has 0 aliphatic carbocycles. The predicted molar refractivity (Wildman–Crippen MR) is 147 cm³/mol. The largest absolute Gasteiger partial charge is 0.324 e. The molecule has 0 bridgehead atoms. The van der Waals surface area contributed by atoms with E-state index in [0.717, 1.165) is 24.6 Å². The molecule has 0 unspecified atom stereocenters. The van der Waals surface area contributed by atoms with Crippen molar-refractivity contribution in [2.45, 2.75) is 19.8 Å². The van der Waals surface area contributed by atoms with Gasteiger partial charge >= 0.3 is 0 Å². The maximum Gasteiger partial charge on any atom is 0.266 e. The van der Waals surface area contributed by atoms with E-state index in [2.05, 4.69) is 53.1 Å². The number of anilines is 1. The summed E-state index contributed by atoms with van der Waals surface area (Å²) in [4.78, 5) is 27.4. The zero-order valence-electron chi connectivity index (χ0n) is 17.0. The van der Waals surface area contributed by atoms with Gasteiger partial charge in [-0.3, -0.25) is 14.5 Å². The van der Waals surface area contributed by atoms with E-state index in [1.165, 1.54) is 11.8 Å². The normalized spacial score (nSPS) is 15.6. The number of rotatable bonds is 7. The van der Waals surface area contributed by atoms with E-state index in [1.807, 2.05) is 61.5 Å². The number of thioether (sulfide) groups is 1. The van der Waals surface area contributed by atoms with Crippen LogP contribution in [0.3, 0.4) is 0 Å². The molecule has 1 saturated heterocycles. The molecule has 1 aliphatic heterocycles. The molecule has 166 valence electrons. The summed E-state index contributed by atoms with van der Waals surface area (Å²) in [5, 5.41) is 2.90. The van der Waals surface area contributed by atoms with Crippen LogP contribution < -0.4 is 5.32 Å². The summed E-state index contributed by atoms with van der Waals surface area (Å²) in [6, 6.07) is 13.7. The number of hydrogen-bond acceptors (Lipinski definition) is 4. The van der Waals surface area contributed by atoms with Crippen LogP contribution in [0.2, 0.25) is 0 Å². The van der Waals surface area contributed by atoms with Gasteiger partial charge in [0.2, 0.25) is 5.91 Å². The minimum Gasteiger partial charge on any atom is -0.324 e. The molecule has 0 aromatic heterocycles. The molecule has 0 atom stereocenters. The van der Waals surface area contributed by atoms with Crippen LogP contribution in [0.1, 0.15) is 25.3 Å². The Morgan fingerprint density at radius 2 is 1.81 bits per heavy atom. The van der Waals surface area contributed by atoms with Crippen molar-refractivity contribution in [1.29, 1.82) is 0 Å². The number of nitrogens with one attached hydrogen (secondary N) is 1. The van der Waals surface area contributed by atoms with Gasteiger partial charge in [-0.1, -0.05) is 76.3 Å². The van der Waals surface area contributed by atoms with Crippen molar-refractivity contribution in [1.82, 2.24) is 4.90 Å². The first-order valence-corrected chi connectivity index (χ1v) is 13.3. The second-order valence-electron chi connectivity index (χ2n) is 7.03. The molecule has 1 N–H and O–H groups in total. The number of benzene rings is 2. The van der Waals surface area contributed by atoms with Gasteiger partial charge in [0.15, 0.2) is 0 Å². The first-order chi connectivity index (χ1) is 15.2. The van der Waals surface area contributed by atoms with E-state index < -0.39 is 0 Å². The molecule has 1 heterocycles. The van der Waals surface area contributed by atoms with Crippen LogP contribution in [0.4, 0.5) is 5.69 Å². The van der Waals surface area contributed by atoms with Gasteiger partial charge in [-0.2, -0.15) is 0 Å². The fraction of sp³-hybridized carbons (Fsp3) is 0.174. The van der Waals surface area contributed by atoms with Gasteiger partial charge in [-0.05, 0) is 74.5 Å². The van der Waals surface area contributed by atoms with Crippen LogP contribution in [0.25, 0.3) is 6.08 Å². The lowest BCUT2D eigenvalue weighted by Crippen LogP contribution is -2.29. The number of hydrogen-bond donors (Lipinski definition) is 1. The zero-order chi connectivity index (χ0) is 23.3. The molecule has 4 nitrogen and oxygen atoms in total. The van der Waals surface area contributed by atoms with Crippen molar-refractivity contribution in [2.75, 3.05) is 11.9 Å². The van der Waals surface area contributed by atoms with Crippen molar-refractivity contribution in [3.8, 4) is 0 Å². The SMILES string of the molecule is CC(=Cc1ccccc1)C=C1SC(=S)N(CCCC(=O)Nc2c(Br)cc(Br)cc2Br)C1=O. The maximum absolute atomic E-state index is 12.8. The van der Waals surface area contributed by atoms with Gasteiger partial charge < -0.3 is 5.32 Å². The van der Waals surface area contributed by atoms with Crippen molar-refractivity contribution >= 4 is 99.7 Å². The highest BCUT2D eigenvalue weighted by molar-refractivity contribution is 9.11. The summed E-state index contributed by atoms with van der Waals surface area (Å²) in [5.74, 6) is -0.240. The van der Waals surface area contributed by atoms with Crippen LogP contribution in [0.5, 0.6) is 0 Å². The molecule has 1 aliphatic rings. The summed E-state index contributed by atoms with van der Waals surface area (Å²) in [6.07, 6.45) is 4.67. The van der Waals surface area contributed by atoms with Crippen molar-refractivity contribution in [3.63, 3.8) is 0 Å². The Morgan fingerprint density at radius 3 is 2.47 bits per heavy atom. The van der Waals surface area contributed by atoms with E-state index in [0.29, 0.717) is 27.9 Å². The fourth-order valence-electron chi connectivity index (χ4n) is 3.01. The molecular weight excluding hydrogens is 640 g/mol. The third-order valence-electron chi connectivity index (χ3n) is 4.48. The molecule has 2 amide bonds. The number of allylic oxidation sites excluding steroid dienone is 2. The molecular formula is C23H19Br3N2O2S2. The molecule has 3 rings (SSSR count). The van der Waals surface area contributed by atoms with Crippen LogP contribution >= 0.6 is 71.8 Å². The number of thiocarbonyl (C=S) groups is 1. The molecule has 0 radical (unpaired) electrons. The minimum absolute atomic E-state index is 0.111. The van der Waals surface area contributed by atoms with E-state index in [1.54, 1.807) is 4.90 Å². The van der Waals surface area contributed by atoms with Crippen molar-refractivity contribution in [3.05, 3.63) is 78.0 Å². The smallest absolute Gasteiger partial charge is 0.266 e. The summed E-state index contributed by atoms with van der Waals surface area (Å²) >= 11 is 17.0. The van der Waals surface area contributed by atoms with Crippen LogP contribution in [-0.2, 0) is 9.59 Å².